The molecular formula is C15H14Cl2N4. The summed E-state index contributed by atoms with van der Waals surface area (Å²) in [4.78, 5) is 4.17. The minimum atomic E-state index is 0.129. The van der Waals surface area contributed by atoms with Gasteiger partial charge in [0.1, 0.15) is 0 Å². The number of likely N-dealkylation sites (N-methyl/N-ethyl adjacent to an activating group) is 1. The number of rotatable bonds is 4. The SMILES string of the molecule is CNC(Cc1ccc(Cl)c(Cl)c1)c1cnn2ccncc12. The van der Waals surface area contributed by atoms with Crippen molar-refractivity contribution < 1.29 is 0 Å². The quantitative estimate of drug-likeness (QED) is 0.799. The van der Waals surface area contributed by atoms with Crippen molar-refractivity contribution in [3.63, 3.8) is 0 Å². The van der Waals surface area contributed by atoms with Crippen molar-refractivity contribution in [2.75, 3.05) is 7.05 Å². The molecular weight excluding hydrogens is 307 g/mol. The van der Waals surface area contributed by atoms with Gasteiger partial charge in [-0.25, -0.2) is 4.52 Å². The molecule has 0 aliphatic heterocycles. The number of hydrogen-bond donors (Lipinski definition) is 1. The molecule has 1 unspecified atom stereocenters. The summed E-state index contributed by atoms with van der Waals surface area (Å²) in [6.07, 6.45) is 8.04. The van der Waals surface area contributed by atoms with E-state index in [-0.39, 0.29) is 6.04 Å². The maximum absolute atomic E-state index is 6.08. The molecule has 0 saturated carbocycles. The summed E-state index contributed by atoms with van der Waals surface area (Å²) in [6.45, 7) is 0. The number of hydrogen-bond acceptors (Lipinski definition) is 3. The summed E-state index contributed by atoms with van der Waals surface area (Å²) in [5.74, 6) is 0. The number of nitrogens with one attached hydrogen (secondary N) is 1. The highest BCUT2D eigenvalue weighted by Crippen LogP contribution is 2.26. The molecule has 0 saturated heterocycles. The van der Waals surface area contributed by atoms with Crippen LogP contribution in [0.4, 0.5) is 0 Å². The molecule has 0 radical (unpaired) electrons. The van der Waals surface area contributed by atoms with Crippen molar-refractivity contribution in [1.29, 1.82) is 0 Å². The van der Waals surface area contributed by atoms with Crippen molar-refractivity contribution in [2.45, 2.75) is 12.5 Å². The lowest BCUT2D eigenvalue weighted by Crippen LogP contribution is -2.18. The predicted molar refractivity (Wildman–Crippen MR) is 85.0 cm³/mol. The van der Waals surface area contributed by atoms with Crippen LogP contribution >= 0.6 is 23.2 Å². The Bertz CT molecular complexity index is 769. The fourth-order valence-electron chi connectivity index (χ4n) is 2.39. The normalized spacial score (nSPS) is 12.7. The van der Waals surface area contributed by atoms with Crippen molar-refractivity contribution in [3.05, 3.63) is 64.2 Å². The second kappa shape index (κ2) is 6.02. The Hall–Kier alpha value is -1.62. The second-order valence-corrected chi connectivity index (χ2v) is 5.61. The van der Waals surface area contributed by atoms with Crippen LogP contribution in [0.5, 0.6) is 0 Å². The number of benzene rings is 1. The predicted octanol–water partition coefficient (Wildman–Crippen LogP) is 3.54. The van der Waals surface area contributed by atoms with Crippen LogP contribution in [-0.2, 0) is 6.42 Å². The van der Waals surface area contributed by atoms with Gasteiger partial charge in [0.15, 0.2) is 0 Å². The van der Waals surface area contributed by atoms with Gasteiger partial charge in [0.05, 0.1) is 28.0 Å². The molecule has 108 valence electrons. The van der Waals surface area contributed by atoms with Crippen LogP contribution in [0.2, 0.25) is 10.0 Å². The maximum atomic E-state index is 6.08. The summed E-state index contributed by atoms with van der Waals surface area (Å²) < 4.78 is 1.82. The highest BCUT2D eigenvalue weighted by Gasteiger charge is 2.16. The van der Waals surface area contributed by atoms with Crippen molar-refractivity contribution in [3.8, 4) is 0 Å². The molecule has 1 aromatic carbocycles. The smallest absolute Gasteiger partial charge is 0.0892 e. The van der Waals surface area contributed by atoms with Crippen LogP contribution in [0.15, 0.2) is 43.0 Å². The number of aromatic nitrogens is 3. The topological polar surface area (TPSA) is 42.2 Å². The Morgan fingerprint density at radius 3 is 2.86 bits per heavy atom. The number of nitrogens with zero attached hydrogens (tertiary/aromatic N) is 3. The highest BCUT2D eigenvalue weighted by atomic mass is 35.5. The van der Waals surface area contributed by atoms with E-state index in [0.29, 0.717) is 10.0 Å². The van der Waals surface area contributed by atoms with Crippen LogP contribution in [0, 0.1) is 0 Å². The third kappa shape index (κ3) is 2.88. The molecule has 4 nitrogen and oxygen atoms in total. The molecule has 3 rings (SSSR count). The minimum absolute atomic E-state index is 0.129. The van der Waals surface area contributed by atoms with Crippen molar-refractivity contribution in [2.24, 2.45) is 0 Å². The molecule has 0 amide bonds. The first-order valence-corrected chi connectivity index (χ1v) is 7.33. The standard InChI is InChI=1S/C15H14Cl2N4/c1-18-14(7-10-2-3-12(16)13(17)6-10)11-8-20-21-5-4-19-9-15(11)21/h2-6,8-9,14,18H,7H2,1H3. The molecule has 1 N–H and O–H groups in total. The monoisotopic (exact) mass is 320 g/mol. The Balaban J connectivity index is 1.93. The zero-order valence-electron chi connectivity index (χ0n) is 11.4. The Morgan fingerprint density at radius 2 is 2.10 bits per heavy atom. The average Bonchev–Trinajstić information content (AvgIpc) is 2.92. The van der Waals surface area contributed by atoms with Crippen molar-refractivity contribution in [1.82, 2.24) is 19.9 Å². The lowest BCUT2D eigenvalue weighted by atomic mass is 10.0. The molecule has 0 spiro atoms. The molecule has 2 aromatic heterocycles. The average molecular weight is 321 g/mol. The summed E-state index contributed by atoms with van der Waals surface area (Å²) in [6, 6.07) is 5.84. The van der Waals surface area contributed by atoms with Gasteiger partial charge in [0, 0.05) is 24.0 Å². The van der Waals surface area contributed by atoms with Gasteiger partial charge in [-0.1, -0.05) is 29.3 Å². The van der Waals surface area contributed by atoms with Crippen LogP contribution in [0.1, 0.15) is 17.2 Å². The zero-order chi connectivity index (χ0) is 14.8. The molecule has 1 atom stereocenters. The Labute approximate surface area is 132 Å². The Kier molecular flexibility index (Phi) is 4.10. The van der Waals surface area contributed by atoms with Gasteiger partial charge in [0.2, 0.25) is 0 Å². The second-order valence-electron chi connectivity index (χ2n) is 4.80. The number of halogens is 2. The fraction of sp³-hybridized carbons (Fsp3) is 0.200. The van der Waals surface area contributed by atoms with Crippen LogP contribution in [0.25, 0.3) is 5.52 Å². The van der Waals surface area contributed by atoms with Gasteiger partial charge in [-0.05, 0) is 31.2 Å². The summed E-state index contributed by atoms with van der Waals surface area (Å²) >= 11 is 12.0. The maximum Gasteiger partial charge on any atom is 0.0892 e. The lowest BCUT2D eigenvalue weighted by Gasteiger charge is -2.15. The Morgan fingerprint density at radius 1 is 1.24 bits per heavy atom. The fourth-order valence-corrected chi connectivity index (χ4v) is 2.71. The third-order valence-electron chi connectivity index (χ3n) is 3.50. The van der Waals surface area contributed by atoms with Gasteiger partial charge in [-0.15, -0.1) is 0 Å². The molecule has 21 heavy (non-hydrogen) atoms. The van der Waals surface area contributed by atoms with E-state index in [1.54, 1.807) is 6.20 Å². The molecule has 0 fully saturated rings. The minimum Gasteiger partial charge on any atom is -0.313 e. The van der Waals surface area contributed by atoms with Crippen molar-refractivity contribution >= 4 is 28.7 Å². The third-order valence-corrected chi connectivity index (χ3v) is 4.24. The largest absolute Gasteiger partial charge is 0.313 e. The van der Waals surface area contributed by atoms with Gasteiger partial charge in [0.25, 0.3) is 0 Å². The van der Waals surface area contributed by atoms with E-state index in [0.717, 1.165) is 23.1 Å². The first-order valence-electron chi connectivity index (χ1n) is 6.57. The molecule has 3 aromatic rings. The molecule has 0 aliphatic carbocycles. The van der Waals surface area contributed by atoms with Gasteiger partial charge in [-0.3, -0.25) is 4.98 Å². The molecule has 6 heteroatoms. The van der Waals surface area contributed by atoms with E-state index in [9.17, 15) is 0 Å². The first-order chi connectivity index (χ1) is 10.2. The molecule has 0 aliphatic rings. The van der Waals surface area contributed by atoms with Gasteiger partial charge in [-0.2, -0.15) is 5.10 Å². The lowest BCUT2D eigenvalue weighted by molar-refractivity contribution is 0.596. The van der Waals surface area contributed by atoms with E-state index in [1.165, 1.54) is 0 Å². The van der Waals surface area contributed by atoms with Crippen LogP contribution in [-0.4, -0.2) is 21.6 Å². The molecule has 2 heterocycles. The van der Waals surface area contributed by atoms with Gasteiger partial charge < -0.3 is 5.32 Å². The zero-order valence-corrected chi connectivity index (χ0v) is 12.9. The van der Waals surface area contributed by atoms with E-state index in [1.807, 2.05) is 48.4 Å². The van der Waals surface area contributed by atoms with Crippen LogP contribution < -0.4 is 5.32 Å². The summed E-state index contributed by atoms with van der Waals surface area (Å²) in [5.41, 5.74) is 3.22. The number of fused-ring (bicyclic) bond motifs is 1. The van der Waals surface area contributed by atoms with Crippen LogP contribution in [0.3, 0.4) is 0 Å². The van der Waals surface area contributed by atoms with E-state index in [4.69, 9.17) is 23.2 Å². The first kappa shape index (κ1) is 14.3. The summed E-state index contributed by atoms with van der Waals surface area (Å²) in [7, 11) is 1.93. The van der Waals surface area contributed by atoms with E-state index >= 15 is 0 Å². The highest BCUT2D eigenvalue weighted by molar-refractivity contribution is 6.42. The van der Waals surface area contributed by atoms with Gasteiger partial charge >= 0.3 is 0 Å². The van der Waals surface area contributed by atoms with E-state index in [2.05, 4.69) is 15.4 Å². The summed E-state index contributed by atoms with van der Waals surface area (Å²) in [5, 5.41) is 8.82. The van der Waals surface area contributed by atoms with E-state index < -0.39 is 0 Å². The molecule has 0 bridgehead atoms.